The Balaban J connectivity index is 1.69. The van der Waals surface area contributed by atoms with Crippen molar-refractivity contribution in [2.75, 3.05) is 5.32 Å². The molecule has 0 aliphatic heterocycles. The Labute approximate surface area is 128 Å². The average molecular weight is 295 g/mol. The summed E-state index contributed by atoms with van der Waals surface area (Å²) in [6, 6.07) is 8.98. The first-order valence-corrected chi connectivity index (χ1v) is 7.09. The molecule has 2 N–H and O–H groups in total. The predicted octanol–water partition coefficient (Wildman–Crippen LogP) is 4.02. The third-order valence-electron chi connectivity index (χ3n) is 3.56. The fourth-order valence-corrected chi connectivity index (χ4v) is 2.31. The lowest BCUT2D eigenvalue weighted by Crippen LogP contribution is -2.31. The zero-order valence-electron chi connectivity index (χ0n) is 12.5. The molecule has 2 aromatic heterocycles. The monoisotopic (exact) mass is 295 g/mol. The van der Waals surface area contributed by atoms with Gasteiger partial charge in [0.25, 0.3) is 0 Å². The molecule has 1 aromatic carbocycles. The van der Waals surface area contributed by atoms with Crippen LogP contribution in [-0.2, 0) is 0 Å². The molecule has 0 aliphatic carbocycles. The molecule has 0 saturated carbocycles. The first-order chi connectivity index (χ1) is 10.6. The Hall–Kier alpha value is -2.82. The van der Waals surface area contributed by atoms with Gasteiger partial charge in [0.15, 0.2) is 0 Å². The second-order valence-electron chi connectivity index (χ2n) is 5.24. The molecular formula is C17H17N3O2. The van der Waals surface area contributed by atoms with Crippen LogP contribution in [0.5, 0.6) is 0 Å². The first-order valence-electron chi connectivity index (χ1n) is 7.09. The zero-order chi connectivity index (χ0) is 15.5. The molecule has 0 spiro atoms. The van der Waals surface area contributed by atoms with E-state index in [4.69, 9.17) is 4.42 Å². The van der Waals surface area contributed by atoms with Gasteiger partial charge in [-0.15, -0.1) is 0 Å². The number of rotatable bonds is 3. The van der Waals surface area contributed by atoms with E-state index < -0.39 is 0 Å². The van der Waals surface area contributed by atoms with E-state index in [0.29, 0.717) is 0 Å². The van der Waals surface area contributed by atoms with Gasteiger partial charge in [0.05, 0.1) is 12.3 Å². The molecule has 5 heteroatoms. The molecule has 0 radical (unpaired) electrons. The molecular weight excluding hydrogens is 278 g/mol. The van der Waals surface area contributed by atoms with Crippen LogP contribution in [0.4, 0.5) is 10.5 Å². The van der Waals surface area contributed by atoms with Gasteiger partial charge in [-0.05, 0) is 49.2 Å². The van der Waals surface area contributed by atoms with Crippen molar-refractivity contribution in [2.24, 2.45) is 0 Å². The van der Waals surface area contributed by atoms with Crippen molar-refractivity contribution in [1.29, 1.82) is 0 Å². The zero-order valence-corrected chi connectivity index (χ0v) is 12.5. The maximum absolute atomic E-state index is 12.1. The van der Waals surface area contributed by atoms with Crippen LogP contribution in [0.3, 0.4) is 0 Å². The molecule has 1 unspecified atom stereocenters. The molecule has 2 amide bonds. The summed E-state index contributed by atoms with van der Waals surface area (Å²) >= 11 is 0. The number of urea groups is 1. The second-order valence-corrected chi connectivity index (χ2v) is 5.24. The van der Waals surface area contributed by atoms with Crippen LogP contribution in [0, 0.1) is 6.92 Å². The summed E-state index contributed by atoms with van der Waals surface area (Å²) in [6.45, 7) is 3.89. The Morgan fingerprint density at radius 1 is 1.32 bits per heavy atom. The van der Waals surface area contributed by atoms with Gasteiger partial charge in [0.1, 0.15) is 5.58 Å². The number of carbonyl (C=O) groups is 1. The summed E-state index contributed by atoms with van der Waals surface area (Å²) < 4.78 is 5.40. The number of carbonyl (C=O) groups excluding carboxylic acids is 1. The van der Waals surface area contributed by atoms with Crippen LogP contribution >= 0.6 is 0 Å². The highest BCUT2D eigenvalue weighted by molar-refractivity contribution is 5.93. The summed E-state index contributed by atoms with van der Waals surface area (Å²) in [5, 5.41) is 6.73. The van der Waals surface area contributed by atoms with E-state index in [-0.39, 0.29) is 12.1 Å². The minimum atomic E-state index is -0.253. The lowest BCUT2D eigenvalue weighted by atomic mass is 10.1. The summed E-state index contributed by atoms with van der Waals surface area (Å²) in [7, 11) is 0. The molecule has 0 fully saturated rings. The maximum atomic E-state index is 12.1. The third-order valence-corrected chi connectivity index (χ3v) is 3.56. The highest BCUT2D eigenvalue weighted by Gasteiger charge is 2.10. The molecule has 112 valence electrons. The number of aryl methyl sites for hydroxylation is 1. The van der Waals surface area contributed by atoms with Gasteiger partial charge in [0.2, 0.25) is 0 Å². The fraction of sp³-hybridized carbons (Fsp3) is 0.176. The van der Waals surface area contributed by atoms with Gasteiger partial charge < -0.3 is 15.1 Å². The highest BCUT2D eigenvalue weighted by atomic mass is 16.3. The van der Waals surface area contributed by atoms with E-state index in [1.165, 1.54) is 0 Å². The molecule has 1 atom stereocenters. The standard InChI is InChI=1S/C17H17N3O2/c1-11-10-22-16-6-5-14(8-15(11)16)20-17(21)19-12(2)13-4-3-7-18-9-13/h3-10,12H,1-2H3,(H2,19,20,21). The molecule has 3 aromatic rings. The number of nitrogens with one attached hydrogen (secondary N) is 2. The summed E-state index contributed by atoms with van der Waals surface area (Å²) in [5.41, 5.74) is 3.54. The van der Waals surface area contributed by atoms with E-state index in [1.807, 2.05) is 44.2 Å². The number of hydrogen-bond acceptors (Lipinski definition) is 3. The molecule has 0 saturated heterocycles. The van der Waals surface area contributed by atoms with E-state index in [9.17, 15) is 4.79 Å². The van der Waals surface area contributed by atoms with Crippen LogP contribution in [0.2, 0.25) is 0 Å². The fourth-order valence-electron chi connectivity index (χ4n) is 2.31. The maximum Gasteiger partial charge on any atom is 0.319 e. The van der Waals surface area contributed by atoms with E-state index in [1.54, 1.807) is 18.7 Å². The van der Waals surface area contributed by atoms with Gasteiger partial charge in [-0.25, -0.2) is 4.79 Å². The normalized spacial score (nSPS) is 12.1. The predicted molar refractivity (Wildman–Crippen MR) is 85.8 cm³/mol. The number of pyridine rings is 1. The third kappa shape index (κ3) is 2.93. The topological polar surface area (TPSA) is 67.2 Å². The van der Waals surface area contributed by atoms with Gasteiger partial charge in [-0.1, -0.05) is 6.07 Å². The van der Waals surface area contributed by atoms with Crippen molar-refractivity contribution in [2.45, 2.75) is 19.9 Å². The number of anilines is 1. The Bertz CT molecular complexity index is 796. The van der Waals surface area contributed by atoms with Gasteiger partial charge in [0, 0.05) is 23.5 Å². The summed E-state index contributed by atoms with van der Waals surface area (Å²) in [6.07, 6.45) is 5.16. The Morgan fingerprint density at radius 3 is 2.95 bits per heavy atom. The average Bonchev–Trinajstić information content (AvgIpc) is 2.89. The van der Waals surface area contributed by atoms with Gasteiger partial charge in [-0.2, -0.15) is 0 Å². The van der Waals surface area contributed by atoms with E-state index in [0.717, 1.165) is 27.8 Å². The van der Waals surface area contributed by atoms with Crippen molar-refractivity contribution in [3.8, 4) is 0 Å². The number of furan rings is 1. The highest BCUT2D eigenvalue weighted by Crippen LogP contribution is 2.24. The largest absolute Gasteiger partial charge is 0.464 e. The van der Waals surface area contributed by atoms with Crippen LogP contribution in [0.1, 0.15) is 24.1 Å². The summed E-state index contributed by atoms with van der Waals surface area (Å²) in [4.78, 5) is 16.1. The van der Waals surface area contributed by atoms with Crippen molar-refractivity contribution in [1.82, 2.24) is 10.3 Å². The number of benzene rings is 1. The quantitative estimate of drug-likeness (QED) is 0.767. The second kappa shape index (κ2) is 5.89. The van der Waals surface area contributed by atoms with Gasteiger partial charge >= 0.3 is 6.03 Å². The number of nitrogens with zero attached hydrogens (tertiary/aromatic N) is 1. The first kappa shape index (κ1) is 14.1. The Morgan fingerprint density at radius 2 is 2.18 bits per heavy atom. The van der Waals surface area contributed by atoms with Gasteiger partial charge in [-0.3, -0.25) is 4.98 Å². The van der Waals surface area contributed by atoms with Crippen LogP contribution < -0.4 is 10.6 Å². The minimum absolute atomic E-state index is 0.118. The molecule has 2 heterocycles. The number of fused-ring (bicyclic) bond motifs is 1. The lowest BCUT2D eigenvalue weighted by molar-refractivity contribution is 0.249. The lowest BCUT2D eigenvalue weighted by Gasteiger charge is -2.14. The molecule has 5 nitrogen and oxygen atoms in total. The Kier molecular flexibility index (Phi) is 3.78. The van der Waals surface area contributed by atoms with E-state index in [2.05, 4.69) is 15.6 Å². The van der Waals surface area contributed by atoms with Crippen molar-refractivity contribution in [3.63, 3.8) is 0 Å². The van der Waals surface area contributed by atoms with Crippen LogP contribution in [0.25, 0.3) is 11.0 Å². The summed E-state index contributed by atoms with van der Waals surface area (Å²) in [5.74, 6) is 0. The number of aromatic nitrogens is 1. The van der Waals surface area contributed by atoms with Crippen LogP contribution in [0.15, 0.2) is 53.4 Å². The SMILES string of the molecule is Cc1coc2ccc(NC(=O)NC(C)c3cccnc3)cc12. The number of hydrogen-bond donors (Lipinski definition) is 2. The minimum Gasteiger partial charge on any atom is -0.464 e. The molecule has 0 aliphatic rings. The van der Waals surface area contributed by atoms with Crippen molar-refractivity contribution < 1.29 is 9.21 Å². The number of amides is 2. The molecule has 22 heavy (non-hydrogen) atoms. The smallest absolute Gasteiger partial charge is 0.319 e. The molecule has 0 bridgehead atoms. The van der Waals surface area contributed by atoms with Crippen molar-refractivity contribution >= 4 is 22.7 Å². The van der Waals surface area contributed by atoms with Crippen molar-refractivity contribution in [3.05, 3.63) is 60.1 Å². The van der Waals surface area contributed by atoms with Crippen LogP contribution in [-0.4, -0.2) is 11.0 Å². The van der Waals surface area contributed by atoms with E-state index >= 15 is 0 Å². The molecule has 3 rings (SSSR count).